The van der Waals surface area contributed by atoms with Gasteiger partial charge in [-0.3, -0.25) is 4.79 Å². The maximum Gasteiger partial charge on any atom is 0.222 e. The van der Waals surface area contributed by atoms with Crippen molar-refractivity contribution in [3.8, 4) is 0 Å². The van der Waals surface area contributed by atoms with Gasteiger partial charge in [0.15, 0.2) is 0 Å². The van der Waals surface area contributed by atoms with Gasteiger partial charge in [0.2, 0.25) is 5.91 Å². The summed E-state index contributed by atoms with van der Waals surface area (Å²) in [6.07, 6.45) is 3.60. The monoisotopic (exact) mass is 265 g/mol. The molecule has 1 aromatic heterocycles. The van der Waals surface area contributed by atoms with Crippen LogP contribution in [0.25, 0.3) is 0 Å². The van der Waals surface area contributed by atoms with E-state index in [1.807, 2.05) is 0 Å². The van der Waals surface area contributed by atoms with Gasteiger partial charge in [-0.25, -0.2) is 0 Å². The smallest absolute Gasteiger partial charge is 0.222 e. The third kappa shape index (κ3) is 5.92. The second-order valence-corrected chi connectivity index (χ2v) is 5.61. The molecular formula is C15H27N3O. The summed E-state index contributed by atoms with van der Waals surface area (Å²) in [6, 6.07) is 4.21. The molecule has 0 fully saturated rings. The van der Waals surface area contributed by atoms with Gasteiger partial charge in [0.05, 0.1) is 0 Å². The van der Waals surface area contributed by atoms with Crippen molar-refractivity contribution in [1.29, 1.82) is 0 Å². The summed E-state index contributed by atoms with van der Waals surface area (Å²) < 4.78 is 2.23. The quantitative estimate of drug-likeness (QED) is 0.781. The first-order valence-electron chi connectivity index (χ1n) is 7.05. The molecule has 0 spiro atoms. The number of nitrogens with zero attached hydrogens (tertiary/aromatic N) is 2. The fraction of sp³-hybridized carbons (Fsp3) is 0.667. The largest absolute Gasteiger partial charge is 0.350 e. The van der Waals surface area contributed by atoms with Crippen LogP contribution in [0.4, 0.5) is 0 Å². The fourth-order valence-electron chi connectivity index (χ4n) is 1.94. The number of carbonyl (C=O) groups excluding carboxylic acids is 1. The number of hydrogen-bond donors (Lipinski definition) is 1. The van der Waals surface area contributed by atoms with Gasteiger partial charge < -0.3 is 14.8 Å². The summed E-state index contributed by atoms with van der Waals surface area (Å²) in [5.74, 6) is 0.868. The van der Waals surface area contributed by atoms with E-state index in [0.717, 1.165) is 26.1 Å². The Labute approximate surface area is 116 Å². The van der Waals surface area contributed by atoms with Crippen LogP contribution in [-0.4, -0.2) is 36.0 Å². The zero-order valence-electron chi connectivity index (χ0n) is 12.6. The average molecular weight is 265 g/mol. The zero-order chi connectivity index (χ0) is 14.3. The minimum atomic E-state index is 0.201. The molecule has 0 saturated heterocycles. The highest BCUT2D eigenvalue weighted by atomic mass is 16.2. The van der Waals surface area contributed by atoms with Crippen molar-refractivity contribution >= 4 is 5.91 Å². The summed E-state index contributed by atoms with van der Waals surface area (Å²) in [7, 11) is 3.61. The van der Waals surface area contributed by atoms with E-state index in [0.29, 0.717) is 12.3 Å². The van der Waals surface area contributed by atoms with Crippen molar-refractivity contribution in [2.45, 2.75) is 39.8 Å². The lowest BCUT2D eigenvalue weighted by molar-refractivity contribution is -0.128. The normalized spacial score (nSPS) is 11.0. The molecule has 0 aliphatic heterocycles. The van der Waals surface area contributed by atoms with Crippen molar-refractivity contribution in [3.63, 3.8) is 0 Å². The molecule has 0 aromatic carbocycles. The minimum Gasteiger partial charge on any atom is -0.350 e. The Kier molecular flexibility index (Phi) is 6.64. The second-order valence-electron chi connectivity index (χ2n) is 5.61. The highest BCUT2D eigenvalue weighted by molar-refractivity contribution is 5.75. The molecule has 0 unspecified atom stereocenters. The molecule has 19 heavy (non-hydrogen) atoms. The van der Waals surface area contributed by atoms with E-state index in [-0.39, 0.29) is 5.91 Å². The average Bonchev–Trinajstić information content (AvgIpc) is 2.76. The molecule has 1 amide bonds. The summed E-state index contributed by atoms with van der Waals surface area (Å²) in [5.41, 5.74) is 1.29. The Bertz CT molecular complexity index is 382. The van der Waals surface area contributed by atoms with Crippen molar-refractivity contribution in [1.82, 2.24) is 14.8 Å². The van der Waals surface area contributed by atoms with Crippen molar-refractivity contribution in [3.05, 3.63) is 24.0 Å². The van der Waals surface area contributed by atoms with E-state index in [2.05, 4.69) is 42.1 Å². The Hall–Kier alpha value is -1.29. The molecule has 0 radical (unpaired) electrons. The predicted molar refractivity (Wildman–Crippen MR) is 78.9 cm³/mol. The van der Waals surface area contributed by atoms with E-state index >= 15 is 0 Å². The molecule has 0 saturated carbocycles. The van der Waals surface area contributed by atoms with Gasteiger partial charge >= 0.3 is 0 Å². The summed E-state index contributed by atoms with van der Waals surface area (Å²) >= 11 is 0. The van der Waals surface area contributed by atoms with Crippen LogP contribution in [0.2, 0.25) is 0 Å². The molecule has 0 aliphatic rings. The number of nitrogens with one attached hydrogen (secondary N) is 1. The molecule has 1 N–H and O–H groups in total. The van der Waals surface area contributed by atoms with Crippen molar-refractivity contribution < 1.29 is 4.79 Å². The van der Waals surface area contributed by atoms with Crippen LogP contribution >= 0.6 is 0 Å². The summed E-state index contributed by atoms with van der Waals surface area (Å²) in [5, 5.41) is 3.45. The van der Waals surface area contributed by atoms with Crippen molar-refractivity contribution in [2.75, 3.05) is 20.6 Å². The third-order valence-electron chi connectivity index (χ3n) is 3.07. The van der Waals surface area contributed by atoms with Gasteiger partial charge in [-0.2, -0.15) is 0 Å². The second kappa shape index (κ2) is 8.00. The molecule has 1 rings (SSSR count). The number of rotatable bonds is 8. The number of aryl methyl sites for hydroxylation is 1. The Morgan fingerprint density at radius 1 is 1.42 bits per heavy atom. The molecule has 0 bridgehead atoms. The van der Waals surface area contributed by atoms with Crippen LogP contribution in [0.5, 0.6) is 0 Å². The molecule has 1 heterocycles. The predicted octanol–water partition coefficient (Wildman–Crippen LogP) is 2.10. The molecule has 1 aromatic rings. The SMILES string of the molecule is CC(C)CNCc1cccn1CCCC(=O)N(C)C. The molecule has 0 aliphatic carbocycles. The molecule has 4 nitrogen and oxygen atoms in total. The molecular weight excluding hydrogens is 238 g/mol. The lowest BCUT2D eigenvalue weighted by Crippen LogP contribution is -2.22. The van der Waals surface area contributed by atoms with Gasteiger partial charge in [-0.1, -0.05) is 13.8 Å². The van der Waals surface area contributed by atoms with Crippen LogP contribution in [0.1, 0.15) is 32.4 Å². The Morgan fingerprint density at radius 3 is 2.79 bits per heavy atom. The first kappa shape index (κ1) is 15.8. The number of amides is 1. The maximum absolute atomic E-state index is 11.5. The number of aromatic nitrogens is 1. The lowest BCUT2D eigenvalue weighted by Gasteiger charge is -2.13. The van der Waals surface area contributed by atoms with Gasteiger partial charge in [0, 0.05) is 45.5 Å². The standard InChI is InChI=1S/C15H27N3O/c1-13(2)11-16-12-14-7-5-9-18(14)10-6-8-15(19)17(3)4/h5,7,9,13,16H,6,8,10-12H2,1-4H3. The first-order valence-corrected chi connectivity index (χ1v) is 7.05. The van der Waals surface area contributed by atoms with E-state index in [1.165, 1.54) is 5.69 Å². The van der Waals surface area contributed by atoms with Gasteiger partial charge in [0.25, 0.3) is 0 Å². The van der Waals surface area contributed by atoms with Crippen LogP contribution in [-0.2, 0) is 17.9 Å². The zero-order valence-corrected chi connectivity index (χ0v) is 12.6. The van der Waals surface area contributed by atoms with Gasteiger partial charge in [0.1, 0.15) is 0 Å². The minimum absolute atomic E-state index is 0.201. The molecule has 0 atom stereocenters. The number of hydrogen-bond acceptors (Lipinski definition) is 2. The van der Waals surface area contributed by atoms with Gasteiger partial charge in [-0.15, -0.1) is 0 Å². The third-order valence-corrected chi connectivity index (χ3v) is 3.07. The van der Waals surface area contributed by atoms with Crippen LogP contribution in [0.15, 0.2) is 18.3 Å². The highest BCUT2D eigenvalue weighted by Crippen LogP contribution is 2.06. The summed E-state index contributed by atoms with van der Waals surface area (Å²) in [6.45, 7) is 7.25. The van der Waals surface area contributed by atoms with E-state index in [4.69, 9.17) is 0 Å². The van der Waals surface area contributed by atoms with E-state index < -0.39 is 0 Å². The lowest BCUT2D eigenvalue weighted by atomic mass is 10.2. The van der Waals surface area contributed by atoms with E-state index in [9.17, 15) is 4.79 Å². The first-order chi connectivity index (χ1) is 9.00. The van der Waals surface area contributed by atoms with Crippen molar-refractivity contribution in [2.24, 2.45) is 5.92 Å². The van der Waals surface area contributed by atoms with E-state index in [1.54, 1.807) is 19.0 Å². The number of carbonyl (C=O) groups is 1. The topological polar surface area (TPSA) is 37.3 Å². The van der Waals surface area contributed by atoms with Crippen LogP contribution in [0, 0.1) is 5.92 Å². The fourth-order valence-corrected chi connectivity index (χ4v) is 1.94. The molecule has 108 valence electrons. The van der Waals surface area contributed by atoms with Gasteiger partial charge in [-0.05, 0) is 31.0 Å². The highest BCUT2D eigenvalue weighted by Gasteiger charge is 2.05. The van der Waals surface area contributed by atoms with Crippen LogP contribution < -0.4 is 5.32 Å². The Balaban J connectivity index is 2.34. The maximum atomic E-state index is 11.5. The summed E-state index contributed by atoms with van der Waals surface area (Å²) in [4.78, 5) is 13.2. The van der Waals surface area contributed by atoms with Crippen LogP contribution in [0.3, 0.4) is 0 Å². The Morgan fingerprint density at radius 2 is 2.16 bits per heavy atom. The molecule has 4 heteroatoms.